The maximum atomic E-state index is 13.8. The molecule has 1 heterocycles. The molecule has 5 nitrogen and oxygen atoms in total. The van der Waals surface area contributed by atoms with Crippen LogP contribution in [-0.2, 0) is 4.79 Å². The summed E-state index contributed by atoms with van der Waals surface area (Å²) in [4.78, 5) is 28.1. The summed E-state index contributed by atoms with van der Waals surface area (Å²) in [6, 6.07) is 3.45. The Morgan fingerprint density at radius 1 is 1.00 bits per heavy atom. The molecule has 1 aliphatic carbocycles. The first-order chi connectivity index (χ1) is 12.0. The normalized spacial score (nSPS) is 24.3. The molecule has 2 aliphatic rings. The van der Waals surface area contributed by atoms with Gasteiger partial charge in [-0.3, -0.25) is 9.59 Å². The summed E-state index contributed by atoms with van der Waals surface area (Å²) < 4.78 is 27.6. The summed E-state index contributed by atoms with van der Waals surface area (Å²) in [6.45, 7) is 1.31. The number of hydrogen-bond acceptors (Lipinski definition) is 3. The topological polar surface area (TPSA) is 66.6 Å². The van der Waals surface area contributed by atoms with Crippen LogP contribution in [-0.4, -0.2) is 53.8 Å². The lowest BCUT2D eigenvalue weighted by Crippen LogP contribution is -2.52. The molecule has 1 saturated carbocycles. The minimum absolute atomic E-state index is 0.0463. The number of halogens is 2. The van der Waals surface area contributed by atoms with E-state index in [2.05, 4.69) is 0 Å². The van der Waals surface area contributed by atoms with Crippen LogP contribution >= 0.6 is 0 Å². The average Bonchev–Trinajstić information content (AvgIpc) is 2.61. The number of nitrogens with zero attached hydrogens (tertiary/aromatic N) is 2. The summed E-state index contributed by atoms with van der Waals surface area (Å²) >= 11 is 0. The first kappa shape index (κ1) is 17.8. The molecule has 2 N–H and O–H groups in total. The second kappa shape index (κ2) is 7.47. The first-order valence-electron chi connectivity index (χ1n) is 8.75. The van der Waals surface area contributed by atoms with E-state index in [1.807, 2.05) is 0 Å². The van der Waals surface area contributed by atoms with Crippen LogP contribution in [0.2, 0.25) is 0 Å². The Bertz CT molecular complexity index is 639. The highest BCUT2D eigenvalue weighted by Crippen LogP contribution is 2.25. The molecule has 25 heavy (non-hydrogen) atoms. The zero-order valence-corrected chi connectivity index (χ0v) is 14.1. The summed E-state index contributed by atoms with van der Waals surface area (Å²) in [7, 11) is 0. The standard InChI is InChI=1S/C18H23F2N3O2/c19-14-5-2-6-15(20)16(14)18(25)23-9-7-22(8-10-23)17(24)12-3-1-4-13(21)11-12/h2,5-6,12-13H,1,3-4,7-11,21H2. The highest BCUT2D eigenvalue weighted by Gasteiger charge is 2.32. The predicted molar refractivity (Wildman–Crippen MR) is 88.8 cm³/mol. The molecule has 2 atom stereocenters. The highest BCUT2D eigenvalue weighted by atomic mass is 19.1. The molecule has 0 bridgehead atoms. The van der Waals surface area contributed by atoms with Crippen molar-refractivity contribution in [2.45, 2.75) is 31.7 Å². The van der Waals surface area contributed by atoms with Gasteiger partial charge in [-0.2, -0.15) is 0 Å². The van der Waals surface area contributed by atoms with Gasteiger partial charge in [-0.15, -0.1) is 0 Å². The number of amides is 2. The fourth-order valence-electron chi connectivity index (χ4n) is 3.70. The van der Waals surface area contributed by atoms with Gasteiger partial charge >= 0.3 is 0 Å². The lowest BCUT2D eigenvalue weighted by atomic mass is 9.85. The molecule has 0 spiro atoms. The molecule has 1 aromatic rings. The fourth-order valence-corrected chi connectivity index (χ4v) is 3.70. The van der Waals surface area contributed by atoms with Crippen molar-refractivity contribution in [1.82, 2.24) is 9.80 Å². The van der Waals surface area contributed by atoms with Gasteiger partial charge in [0.05, 0.1) is 0 Å². The van der Waals surface area contributed by atoms with Gasteiger partial charge in [0.15, 0.2) is 0 Å². The van der Waals surface area contributed by atoms with Crippen LogP contribution in [0.3, 0.4) is 0 Å². The number of benzene rings is 1. The van der Waals surface area contributed by atoms with Crippen molar-refractivity contribution in [3.05, 3.63) is 35.4 Å². The second-order valence-corrected chi connectivity index (χ2v) is 6.84. The van der Waals surface area contributed by atoms with Gasteiger partial charge in [0.2, 0.25) is 5.91 Å². The van der Waals surface area contributed by atoms with Crippen LogP contribution in [0.15, 0.2) is 18.2 Å². The van der Waals surface area contributed by atoms with E-state index in [1.54, 1.807) is 4.90 Å². The van der Waals surface area contributed by atoms with E-state index in [0.717, 1.165) is 31.4 Å². The van der Waals surface area contributed by atoms with Crippen LogP contribution < -0.4 is 5.73 Å². The van der Waals surface area contributed by atoms with E-state index in [-0.39, 0.29) is 31.0 Å². The Kier molecular flexibility index (Phi) is 5.32. The molecule has 1 aromatic carbocycles. The molecule has 2 amide bonds. The van der Waals surface area contributed by atoms with Crippen molar-refractivity contribution in [3.63, 3.8) is 0 Å². The van der Waals surface area contributed by atoms with E-state index >= 15 is 0 Å². The largest absolute Gasteiger partial charge is 0.339 e. The minimum Gasteiger partial charge on any atom is -0.339 e. The van der Waals surface area contributed by atoms with E-state index in [9.17, 15) is 18.4 Å². The van der Waals surface area contributed by atoms with Crippen LogP contribution in [0.4, 0.5) is 8.78 Å². The number of piperazine rings is 1. The van der Waals surface area contributed by atoms with Crippen LogP contribution in [0.25, 0.3) is 0 Å². The smallest absolute Gasteiger partial charge is 0.259 e. The van der Waals surface area contributed by atoms with E-state index in [1.165, 1.54) is 11.0 Å². The first-order valence-corrected chi connectivity index (χ1v) is 8.75. The maximum absolute atomic E-state index is 13.8. The Balaban J connectivity index is 1.60. The molecule has 1 saturated heterocycles. The van der Waals surface area contributed by atoms with Gasteiger partial charge in [-0.1, -0.05) is 12.5 Å². The van der Waals surface area contributed by atoms with Gasteiger partial charge < -0.3 is 15.5 Å². The Morgan fingerprint density at radius 2 is 1.60 bits per heavy atom. The van der Waals surface area contributed by atoms with Crippen molar-refractivity contribution in [2.24, 2.45) is 11.7 Å². The summed E-state index contributed by atoms with van der Waals surface area (Å²) in [5.41, 5.74) is 5.43. The van der Waals surface area contributed by atoms with Crippen molar-refractivity contribution in [3.8, 4) is 0 Å². The Hall–Kier alpha value is -2.02. The lowest BCUT2D eigenvalue weighted by Gasteiger charge is -2.37. The molecular formula is C18H23F2N3O2. The van der Waals surface area contributed by atoms with Gasteiger partial charge in [-0.05, 0) is 31.4 Å². The molecule has 7 heteroatoms. The quantitative estimate of drug-likeness (QED) is 0.883. The van der Waals surface area contributed by atoms with Crippen molar-refractivity contribution < 1.29 is 18.4 Å². The van der Waals surface area contributed by atoms with Gasteiger partial charge in [0, 0.05) is 38.1 Å². The number of rotatable bonds is 2. The molecule has 136 valence electrons. The van der Waals surface area contributed by atoms with Crippen LogP contribution in [0.1, 0.15) is 36.0 Å². The minimum atomic E-state index is -0.861. The molecule has 2 fully saturated rings. The molecular weight excluding hydrogens is 328 g/mol. The van der Waals surface area contributed by atoms with E-state index < -0.39 is 23.1 Å². The maximum Gasteiger partial charge on any atom is 0.259 e. The molecule has 1 aliphatic heterocycles. The third-order valence-corrected chi connectivity index (χ3v) is 5.12. The number of carbonyl (C=O) groups excluding carboxylic acids is 2. The Morgan fingerprint density at radius 3 is 2.20 bits per heavy atom. The van der Waals surface area contributed by atoms with Crippen molar-refractivity contribution in [2.75, 3.05) is 26.2 Å². The fraction of sp³-hybridized carbons (Fsp3) is 0.556. The molecule has 0 radical (unpaired) electrons. The van der Waals surface area contributed by atoms with Gasteiger partial charge in [-0.25, -0.2) is 8.78 Å². The summed E-state index contributed by atoms with van der Waals surface area (Å²) in [6.07, 6.45) is 3.48. The third-order valence-electron chi connectivity index (χ3n) is 5.12. The van der Waals surface area contributed by atoms with Crippen molar-refractivity contribution >= 4 is 11.8 Å². The highest BCUT2D eigenvalue weighted by molar-refractivity contribution is 5.95. The van der Waals surface area contributed by atoms with E-state index in [4.69, 9.17) is 5.73 Å². The molecule has 0 aromatic heterocycles. The second-order valence-electron chi connectivity index (χ2n) is 6.84. The summed E-state index contributed by atoms with van der Waals surface area (Å²) in [5, 5.41) is 0. The number of hydrogen-bond donors (Lipinski definition) is 1. The van der Waals surface area contributed by atoms with Crippen LogP contribution in [0.5, 0.6) is 0 Å². The average molecular weight is 351 g/mol. The van der Waals surface area contributed by atoms with Crippen molar-refractivity contribution in [1.29, 1.82) is 0 Å². The van der Waals surface area contributed by atoms with Gasteiger partial charge in [0.1, 0.15) is 17.2 Å². The van der Waals surface area contributed by atoms with Gasteiger partial charge in [0.25, 0.3) is 5.91 Å². The predicted octanol–water partition coefficient (Wildman–Crippen LogP) is 1.77. The zero-order valence-electron chi connectivity index (χ0n) is 14.1. The lowest BCUT2D eigenvalue weighted by molar-refractivity contribution is -0.138. The Labute approximate surface area is 145 Å². The zero-order chi connectivity index (χ0) is 18.0. The molecule has 3 rings (SSSR count). The number of carbonyl (C=O) groups is 2. The molecule has 2 unspecified atom stereocenters. The van der Waals surface area contributed by atoms with Crippen LogP contribution in [0, 0.1) is 17.6 Å². The SMILES string of the molecule is NC1CCCC(C(=O)N2CCN(C(=O)c3c(F)cccc3F)CC2)C1. The van der Waals surface area contributed by atoms with E-state index in [0.29, 0.717) is 19.5 Å². The summed E-state index contributed by atoms with van der Waals surface area (Å²) in [5.74, 6) is -2.35. The number of nitrogens with two attached hydrogens (primary N) is 1. The monoisotopic (exact) mass is 351 g/mol. The third kappa shape index (κ3) is 3.81.